The van der Waals surface area contributed by atoms with E-state index in [1.165, 1.54) is 11.3 Å². The van der Waals surface area contributed by atoms with E-state index in [1.807, 2.05) is 24.3 Å². The third kappa shape index (κ3) is 1.87. The summed E-state index contributed by atoms with van der Waals surface area (Å²) in [6.45, 7) is 0. The molecule has 0 aliphatic carbocycles. The van der Waals surface area contributed by atoms with Crippen molar-refractivity contribution in [1.82, 2.24) is 4.98 Å². The van der Waals surface area contributed by atoms with E-state index in [0.717, 1.165) is 15.2 Å². The molecule has 0 N–H and O–H groups in total. The van der Waals surface area contributed by atoms with Crippen molar-refractivity contribution in [3.8, 4) is 0 Å². The van der Waals surface area contributed by atoms with Gasteiger partial charge in [0.1, 0.15) is 5.01 Å². The number of benzene rings is 1. The Morgan fingerprint density at radius 1 is 1.46 bits per heavy atom. The van der Waals surface area contributed by atoms with E-state index in [4.69, 9.17) is 11.6 Å². The topological polar surface area (TPSA) is 30.0 Å². The first kappa shape index (κ1) is 8.66. The number of fused-ring (bicyclic) bond motifs is 1. The number of carbonyl (C=O) groups excluding carboxylic acids is 1. The molecule has 0 radical (unpaired) electrons. The highest BCUT2D eigenvalue weighted by atomic mass is 35.5. The SMILES string of the molecule is O=C(Cl)Cc1nc2ccccc2s1. The summed E-state index contributed by atoms with van der Waals surface area (Å²) in [6, 6.07) is 7.78. The van der Waals surface area contributed by atoms with Gasteiger partial charge in [-0.3, -0.25) is 4.79 Å². The number of para-hydroxylation sites is 1. The van der Waals surface area contributed by atoms with Crippen LogP contribution in [-0.2, 0) is 11.2 Å². The quantitative estimate of drug-likeness (QED) is 0.715. The van der Waals surface area contributed by atoms with E-state index in [0.29, 0.717) is 0 Å². The number of aromatic nitrogens is 1. The Morgan fingerprint density at radius 3 is 2.92 bits per heavy atom. The fourth-order valence-electron chi connectivity index (χ4n) is 1.11. The molecule has 0 aliphatic rings. The Kier molecular flexibility index (Phi) is 2.29. The summed E-state index contributed by atoms with van der Waals surface area (Å²) < 4.78 is 1.09. The van der Waals surface area contributed by atoms with Crippen LogP contribution in [-0.4, -0.2) is 10.2 Å². The van der Waals surface area contributed by atoms with E-state index in [1.54, 1.807) is 0 Å². The number of nitrogens with zero attached hydrogens (tertiary/aromatic N) is 1. The maximum Gasteiger partial charge on any atom is 0.228 e. The van der Waals surface area contributed by atoms with Crippen LogP contribution >= 0.6 is 22.9 Å². The Hall–Kier alpha value is -0.930. The Morgan fingerprint density at radius 2 is 2.23 bits per heavy atom. The van der Waals surface area contributed by atoms with Gasteiger partial charge in [-0.1, -0.05) is 12.1 Å². The highest BCUT2D eigenvalue weighted by Crippen LogP contribution is 2.21. The molecule has 2 aromatic rings. The molecule has 4 heteroatoms. The van der Waals surface area contributed by atoms with Crippen molar-refractivity contribution in [2.45, 2.75) is 6.42 Å². The monoisotopic (exact) mass is 211 g/mol. The molecule has 1 aromatic carbocycles. The van der Waals surface area contributed by atoms with Gasteiger partial charge in [0.15, 0.2) is 0 Å². The lowest BCUT2D eigenvalue weighted by Gasteiger charge is -1.83. The van der Waals surface area contributed by atoms with Crippen molar-refractivity contribution < 1.29 is 4.79 Å². The molecule has 0 atom stereocenters. The van der Waals surface area contributed by atoms with Crippen molar-refractivity contribution in [1.29, 1.82) is 0 Å². The van der Waals surface area contributed by atoms with Crippen molar-refractivity contribution in [2.24, 2.45) is 0 Å². The average Bonchev–Trinajstić information content (AvgIpc) is 2.44. The molecule has 0 spiro atoms. The van der Waals surface area contributed by atoms with Crippen LogP contribution in [0, 0.1) is 0 Å². The lowest BCUT2D eigenvalue weighted by molar-refractivity contribution is -0.111. The van der Waals surface area contributed by atoms with Crippen molar-refractivity contribution in [3.05, 3.63) is 29.3 Å². The smallest absolute Gasteiger partial charge is 0.228 e. The maximum atomic E-state index is 10.6. The van der Waals surface area contributed by atoms with Crippen LogP contribution < -0.4 is 0 Å². The van der Waals surface area contributed by atoms with Gasteiger partial charge in [-0.2, -0.15) is 0 Å². The van der Waals surface area contributed by atoms with E-state index in [2.05, 4.69) is 4.98 Å². The second-order valence-corrected chi connectivity index (χ2v) is 4.14. The lowest BCUT2D eigenvalue weighted by Crippen LogP contribution is -1.91. The minimum atomic E-state index is -0.362. The van der Waals surface area contributed by atoms with Crippen molar-refractivity contribution >= 4 is 38.4 Å². The highest BCUT2D eigenvalue weighted by molar-refractivity contribution is 7.18. The van der Waals surface area contributed by atoms with E-state index in [-0.39, 0.29) is 11.7 Å². The van der Waals surface area contributed by atoms with E-state index in [9.17, 15) is 4.79 Å². The van der Waals surface area contributed by atoms with Gasteiger partial charge < -0.3 is 0 Å². The van der Waals surface area contributed by atoms with Crippen molar-refractivity contribution in [3.63, 3.8) is 0 Å². The molecule has 1 aromatic heterocycles. The van der Waals surface area contributed by atoms with Crippen LogP contribution in [0.2, 0.25) is 0 Å². The summed E-state index contributed by atoms with van der Waals surface area (Å²) in [5.74, 6) is 0. The first-order valence-corrected chi connectivity index (χ1v) is 4.98. The molecule has 0 saturated carbocycles. The molecule has 1 heterocycles. The summed E-state index contributed by atoms with van der Waals surface area (Å²) in [5.41, 5.74) is 0.931. The fourth-order valence-corrected chi connectivity index (χ4v) is 2.29. The van der Waals surface area contributed by atoms with Gasteiger partial charge in [-0.15, -0.1) is 11.3 Å². The number of rotatable bonds is 2. The Labute approximate surface area is 84.2 Å². The number of carbonyl (C=O) groups is 1. The molecule has 0 unspecified atom stereocenters. The van der Waals surface area contributed by atoms with Crippen molar-refractivity contribution in [2.75, 3.05) is 0 Å². The summed E-state index contributed by atoms with van der Waals surface area (Å²) in [6.07, 6.45) is 0.223. The molecule has 2 nitrogen and oxygen atoms in total. The molecule has 0 aliphatic heterocycles. The third-order valence-electron chi connectivity index (χ3n) is 1.63. The summed E-state index contributed by atoms with van der Waals surface area (Å²) in [5, 5.41) is 0.417. The van der Waals surface area contributed by atoms with Gasteiger partial charge in [0.25, 0.3) is 0 Å². The number of halogens is 1. The Balaban J connectivity index is 2.44. The molecule has 0 fully saturated rings. The first-order valence-electron chi connectivity index (χ1n) is 3.78. The van der Waals surface area contributed by atoms with E-state index >= 15 is 0 Å². The number of hydrogen-bond acceptors (Lipinski definition) is 3. The molecule has 0 saturated heterocycles. The summed E-state index contributed by atoms with van der Waals surface area (Å²) in [7, 11) is 0. The van der Waals surface area contributed by atoms with Gasteiger partial charge in [-0.25, -0.2) is 4.98 Å². The average molecular weight is 212 g/mol. The Bertz CT molecular complexity index is 419. The molecule has 66 valence electrons. The first-order chi connectivity index (χ1) is 6.25. The van der Waals surface area contributed by atoms with Gasteiger partial charge >= 0.3 is 0 Å². The standard InChI is InChI=1S/C9H6ClNOS/c10-8(12)5-9-11-6-3-1-2-4-7(6)13-9/h1-4H,5H2. The van der Waals surface area contributed by atoms with Crippen LogP contribution in [0.1, 0.15) is 5.01 Å². The minimum Gasteiger partial charge on any atom is -0.281 e. The molecular weight excluding hydrogens is 206 g/mol. The van der Waals surface area contributed by atoms with Crippen LogP contribution in [0.25, 0.3) is 10.2 Å². The van der Waals surface area contributed by atoms with Crippen LogP contribution in [0.3, 0.4) is 0 Å². The van der Waals surface area contributed by atoms with Crippen LogP contribution in [0.15, 0.2) is 24.3 Å². The lowest BCUT2D eigenvalue weighted by atomic mass is 10.3. The zero-order valence-corrected chi connectivity index (χ0v) is 8.23. The van der Waals surface area contributed by atoms with E-state index < -0.39 is 0 Å². The zero-order valence-electron chi connectivity index (χ0n) is 6.66. The molecular formula is C9H6ClNOS. The summed E-state index contributed by atoms with van der Waals surface area (Å²) in [4.78, 5) is 14.9. The fraction of sp³-hybridized carbons (Fsp3) is 0.111. The van der Waals surface area contributed by atoms with Crippen LogP contribution in [0.4, 0.5) is 0 Å². The largest absolute Gasteiger partial charge is 0.281 e. The normalized spacial score (nSPS) is 10.5. The van der Waals surface area contributed by atoms with Gasteiger partial charge in [0, 0.05) is 0 Å². The summed E-state index contributed by atoms with van der Waals surface area (Å²) >= 11 is 6.78. The van der Waals surface area contributed by atoms with Crippen LogP contribution in [0.5, 0.6) is 0 Å². The number of thiazole rings is 1. The van der Waals surface area contributed by atoms with Gasteiger partial charge in [0.05, 0.1) is 16.6 Å². The zero-order chi connectivity index (χ0) is 9.26. The number of hydrogen-bond donors (Lipinski definition) is 0. The molecule has 2 rings (SSSR count). The highest BCUT2D eigenvalue weighted by Gasteiger charge is 2.05. The molecule has 0 bridgehead atoms. The maximum absolute atomic E-state index is 10.6. The second-order valence-electron chi connectivity index (χ2n) is 2.61. The molecule has 13 heavy (non-hydrogen) atoms. The van der Waals surface area contributed by atoms with Gasteiger partial charge in [0.2, 0.25) is 5.24 Å². The predicted molar refractivity (Wildman–Crippen MR) is 54.2 cm³/mol. The predicted octanol–water partition coefficient (Wildman–Crippen LogP) is 2.60. The van der Waals surface area contributed by atoms with Gasteiger partial charge in [-0.05, 0) is 23.7 Å². The second kappa shape index (κ2) is 3.44. The minimum absolute atomic E-state index is 0.223. The third-order valence-corrected chi connectivity index (χ3v) is 2.80. The molecule has 0 amide bonds.